The van der Waals surface area contributed by atoms with Crippen molar-refractivity contribution in [3.8, 4) is 16.9 Å². The van der Waals surface area contributed by atoms with E-state index in [0.29, 0.717) is 5.75 Å². The number of hydrogen-bond acceptors (Lipinski definition) is 2. The van der Waals surface area contributed by atoms with E-state index >= 15 is 0 Å². The zero-order valence-corrected chi connectivity index (χ0v) is 91.2. The predicted octanol–water partition coefficient (Wildman–Crippen LogP) is 41.1. The molecule has 135 heavy (non-hydrogen) atoms. The van der Waals surface area contributed by atoms with Gasteiger partial charge in [-0.15, -0.1) is 0 Å². The maximum atomic E-state index is 11.9. The molecule has 0 aromatic heterocycles. The van der Waals surface area contributed by atoms with Crippen LogP contribution in [0.4, 0.5) is 0 Å². The van der Waals surface area contributed by atoms with Gasteiger partial charge in [0.05, 0.1) is 5.92 Å². The number of rotatable bonds is 15. The van der Waals surface area contributed by atoms with Gasteiger partial charge in [-0.05, 0) is 379 Å². The van der Waals surface area contributed by atoms with Gasteiger partial charge < -0.3 is 4.74 Å². The number of aryl methyl sites for hydroxylation is 6. The minimum absolute atomic E-state index is 0.0549. The number of carbonyl (C=O) groups excluding carboxylic acids is 1. The van der Waals surface area contributed by atoms with Crippen molar-refractivity contribution in [2.45, 2.75) is 477 Å². The fourth-order valence-corrected chi connectivity index (χ4v) is 25.6. The molecule has 0 N–H and O–H groups in total. The lowest BCUT2D eigenvalue weighted by Gasteiger charge is -2.36. The van der Waals surface area contributed by atoms with Crippen molar-refractivity contribution in [3.05, 3.63) is 196 Å². The molecule has 2 unspecified atom stereocenters. The highest BCUT2D eigenvalue weighted by molar-refractivity contribution is 5.75. The zero-order chi connectivity index (χ0) is 96.2. The quantitative estimate of drug-likeness (QED) is 0.0593. The van der Waals surface area contributed by atoms with Gasteiger partial charge >= 0.3 is 5.97 Å². The molecule has 13 aliphatic rings. The monoisotopic (exact) mass is 1840 g/mol. The molecular formula is C133H210O2. The van der Waals surface area contributed by atoms with E-state index in [9.17, 15) is 4.79 Å². The van der Waals surface area contributed by atoms with Crippen LogP contribution in [0.15, 0.2) is 157 Å². The summed E-state index contributed by atoms with van der Waals surface area (Å²) in [5.74, 6) is 23.6. The van der Waals surface area contributed by atoms with Gasteiger partial charge in [-0.2, -0.15) is 0 Å². The summed E-state index contributed by atoms with van der Waals surface area (Å²) in [5, 5.41) is 0. The molecule has 13 aliphatic carbocycles. The van der Waals surface area contributed by atoms with Crippen LogP contribution in [0.1, 0.15) is 475 Å². The summed E-state index contributed by atoms with van der Waals surface area (Å²) in [5.41, 5.74) is 15.6. The maximum absolute atomic E-state index is 11.9. The van der Waals surface area contributed by atoms with Crippen LogP contribution < -0.4 is 4.74 Å². The number of allylic oxidation sites excluding steroid dienone is 6. The molecule has 11 saturated carbocycles. The molecule has 5 aromatic carbocycles. The number of esters is 1. The predicted molar refractivity (Wildman–Crippen MR) is 591 cm³/mol. The lowest BCUT2D eigenvalue weighted by Crippen LogP contribution is -2.24. The van der Waals surface area contributed by atoms with Gasteiger partial charge in [0, 0.05) is 0 Å². The van der Waals surface area contributed by atoms with Crippen LogP contribution in [-0.4, -0.2) is 5.97 Å². The molecule has 754 valence electrons. The fourth-order valence-electron chi connectivity index (χ4n) is 25.6. The van der Waals surface area contributed by atoms with Gasteiger partial charge in [0.1, 0.15) is 5.75 Å². The standard InChI is InChI=1S/C16H30.C16H28.C16H24.C15H20O2.C14H26.2C14H24.C14H20.C14H14/c3*1-13-3-7-15(8-4-13)11-12-16-9-5-14(2)6-10-16;1-11-3-7-13(8-4-11)15(16)17-14-9-5-12(2)6-10-14;5*1-11-3-7-13(8-4-11)14-9-5-12(2)6-10-14/h13-16H,3-12H2,1-2H3;11-16H,3-10H2,1-2H3;3-4,7-8,14,16H,5-6,9-12H2,1-2H3;5-6,9-11,13H,3-4,7-8H2,1-2H3;11-14H,3-10H2,1-2H3;7,11-12,14H,3-6,8-10H2,1-2H3;3,12-14H,4-10H2,1-2H3;3-4,7-8,12,14H,5-6,9-10H2,1-2H3;3-10H,1-2H3. The third-order valence-corrected chi connectivity index (χ3v) is 37.2. The molecular weight excluding hydrogens is 1630 g/mol. The highest BCUT2D eigenvalue weighted by atomic mass is 16.5. The highest BCUT2D eigenvalue weighted by Crippen LogP contribution is 2.46. The molecule has 0 spiro atoms. The van der Waals surface area contributed by atoms with Crippen molar-refractivity contribution in [1.29, 1.82) is 0 Å². The third-order valence-electron chi connectivity index (χ3n) is 37.2. The second-order valence-electron chi connectivity index (χ2n) is 50.0. The van der Waals surface area contributed by atoms with E-state index in [1.807, 2.05) is 36.8 Å². The molecule has 0 bridgehead atoms. The first-order chi connectivity index (χ1) is 65.1. The number of benzene rings is 5. The summed E-state index contributed by atoms with van der Waals surface area (Å²) in [7, 11) is 0. The summed E-state index contributed by atoms with van der Waals surface area (Å²) < 4.78 is 5.41. The first-order valence-electron chi connectivity index (χ1n) is 58.7. The van der Waals surface area contributed by atoms with E-state index in [1.54, 1.807) is 49.7 Å². The molecule has 11 fully saturated rings. The van der Waals surface area contributed by atoms with E-state index in [0.717, 1.165) is 162 Å². The summed E-state index contributed by atoms with van der Waals surface area (Å²) in [4.78, 5) is 11.9. The number of ether oxygens (including phenoxy) is 1. The minimum Gasteiger partial charge on any atom is -0.426 e. The Balaban J connectivity index is 0.000000157. The van der Waals surface area contributed by atoms with Crippen molar-refractivity contribution in [2.24, 2.45) is 136 Å². The summed E-state index contributed by atoms with van der Waals surface area (Å²) in [6.07, 6.45) is 87.9. The van der Waals surface area contributed by atoms with Crippen molar-refractivity contribution in [3.63, 3.8) is 0 Å². The Hall–Kier alpha value is -5.21. The Labute approximate surface area is 835 Å². The van der Waals surface area contributed by atoms with Crippen LogP contribution in [-0.2, 0) is 11.2 Å². The molecule has 2 heteroatoms. The Morgan fingerprint density at radius 3 is 0.919 bits per heavy atom. The Kier molecular flexibility index (Phi) is 51.0. The summed E-state index contributed by atoms with van der Waals surface area (Å²) in [6.45, 7) is 41.6. The Morgan fingerprint density at radius 1 is 0.267 bits per heavy atom. The lowest BCUT2D eigenvalue weighted by atomic mass is 9.70. The smallest absolute Gasteiger partial charge is 0.314 e. The second kappa shape index (κ2) is 61.6. The molecule has 0 heterocycles. The SMILES string of the molecule is CC1=CCC(C2CCC(C)CC2)CC1.CC1CC=C(C2CCC(C)CC2)CC1.CC1CCC(C2CCC(C)CC2)CC1.CC1CCC(C=CC2CCC(C)CC2)CC1.CC1CCC(CCC2CCC(C)CC2)CC1.Cc1ccc(-c2ccc(C)cc2)cc1.Cc1ccc(C2CCC(C)CC2)cc1.Cc1ccc(CCC2CCC(C)CC2)cc1.Cc1ccc(OC(=O)C2CCC(C)CC2)cc1. The van der Waals surface area contributed by atoms with Crippen molar-refractivity contribution in [1.82, 2.24) is 0 Å². The molecule has 18 rings (SSSR count). The molecule has 0 amide bonds. The van der Waals surface area contributed by atoms with Crippen molar-refractivity contribution in [2.75, 3.05) is 0 Å². The largest absolute Gasteiger partial charge is 0.426 e. The topological polar surface area (TPSA) is 26.3 Å². The zero-order valence-electron chi connectivity index (χ0n) is 91.2. The van der Waals surface area contributed by atoms with Crippen molar-refractivity contribution < 1.29 is 9.53 Å². The highest BCUT2D eigenvalue weighted by Gasteiger charge is 2.33. The maximum Gasteiger partial charge on any atom is 0.314 e. The van der Waals surface area contributed by atoms with E-state index in [-0.39, 0.29) is 11.9 Å². The molecule has 0 radical (unpaired) electrons. The van der Waals surface area contributed by atoms with Crippen LogP contribution in [0, 0.1) is 171 Å². The van der Waals surface area contributed by atoms with E-state index in [1.165, 1.54) is 327 Å². The van der Waals surface area contributed by atoms with Crippen LogP contribution in [0.3, 0.4) is 0 Å². The van der Waals surface area contributed by atoms with Gasteiger partial charge in [-0.25, -0.2) is 0 Å². The first kappa shape index (κ1) is 112. The molecule has 0 saturated heterocycles. The lowest BCUT2D eigenvalue weighted by molar-refractivity contribution is -0.140. The fraction of sp³-hybridized carbons (Fsp3) is 0.722. The number of carbonyl (C=O) groups is 1. The van der Waals surface area contributed by atoms with E-state index in [4.69, 9.17) is 4.74 Å². The third kappa shape index (κ3) is 43.6. The number of hydrogen-bond donors (Lipinski definition) is 0. The molecule has 2 atom stereocenters. The van der Waals surface area contributed by atoms with Gasteiger partial charge in [-0.3, -0.25) is 4.79 Å². The van der Waals surface area contributed by atoms with Crippen LogP contribution in [0.25, 0.3) is 11.1 Å². The normalized spacial score (nSPS) is 32.6. The van der Waals surface area contributed by atoms with Crippen LogP contribution >= 0.6 is 0 Å². The van der Waals surface area contributed by atoms with Crippen LogP contribution in [0.5, 0.6) is 5.75 Å². The van der Waals surface area contributed by atoms with Gasteiger partial charge in [0.25, 0.3) is 0 Å². The Morgan fingerprint density at radius 2 is 0.570 bits per heavy atom. The Bertz CT molecular complexity index is 3850. The molecule has 5 aromatic rings. The van der Waals surface area contributed by atoms with Gasteiger partial charge in [-0.1, -0.05) is 435 Å². The van der Waals surface area contributed by atoms with Crippen molar-refractivity contribution >= 4 is 5.97 Å². The average Bonchev–Trinajstić information content (AvgIpc) is 0.872. The summed E-state index contributed by atoms with van der Waals surface area (Å²) in [6, 6.07) is 43.1. The van der Waals surface area contributed by atoms with Gasteiger partial charge in [0.2, 0.25) is 0 Å². The van der Waals surface area contributed by atoms with Gasteiger partial charge in [0.15, 0.2) is 0 Å². The molecule has 2 nitrogen and oxygen atoms in total. The first-order valence-corrected chi connectivity index (χ1v) is 58.7. The van der Waals surface area contributed by atoms with E-state index in [2.05, 4.69) is 239 Å². The average molecular weight is 1840 g/mol. The molecule has 0 aliphatic heterocycles. The van der Waals surface area contributed by atoms with Crippen LogP contribution in [0.2, 0.25) is 0 Å². The minimum atomic E-state index is -0.0549. The summed E-state index contributed by atoms with van der Waals surface area (Å²) >= 11 is 0. The van der Waals surface area contributed by atoms with E-state index < -0.39 is 0 Å². The second-order valence-corrected chi connectivity index (χ2v) is 50.0.